The molecule has 0 fully saturated rings. The van der Waals surface area contributed by atoms with Crippen LogP contribution in [-0.2, 0) is 10.8 Å². The Balaban J connectivity index is 2.94. The van der Waals surface area contributed by atoms with Crippen molar-refractivity contribution in [1.29, 1.82) is 0 Å². The fraction of sp³-hybridized carbons (Fsp3) is 0.571. The van der Waals surface area contributed by atoms with E-state index >= 15 is 0 Å². The van der Waals surface area contributed by atoms with Crippen LogP contribution < -0.4 is 14.8 Å². The summed E-state index contributed by atoms with van der Waals surface area (Å²) in [5, 5.41) is 3.21. The minimum absolute atomic E-state index is 0.0215. The van der Waals surface area contributed by atoms with Crippen molar-refractivity contribution in [3.63, 3.8) is 0 Å². The monoisotopic (exact) mass is 285 g/mol. The van der Waals surface area contributed by atoms with Gasteiger partial charge in [0.1, 0.15) is 11.5 Å². The molecule has 0 spiro atoms. The van der Waals surface area contributed by atoms with Gasteiger partial charge in [-0.15, -0.1) is 0 Å². The summed E-state index contributed by atoms with van der Waals surface area (Å²) in [5.74, 6) is 2.83. The first-order valence-corrected chi connectivity index (χ1v) is 7.89. The van der Waals surface area contributed by atoms with E-state index < -0.39 is 10.8 Å². The van der Waals surface area contributed by atoms with Gasteiger partial charge in [0, 0.05) is 40.0 Å². The van der Waals surface area contributed by atoms with Crippen LogP contribution in [0.2, 0.25) is 0 Å². The van der Waals surface area contributed by atoms with Gasteiger partial charge in [0.2, 0.25) is 0 Å². The molecule has 19 heavy (non-hydrogen) atoms. The first-order valence-electron chi connectivity index (χ1n) is 6.40. The lowest BCUT2D eigenvalue weighted by Gasteiger charge is -2.19. The number of rotatable bonds is 8. The van der Waals surface area contributed by atoms with E-state index in [1.54, 1.807) is 14.2 Å². The average Bonchev–Trinajstić information content (AvgIpc) is 2.44. The molecule has 0 aliphatic carbocycles. The van der Waals surface area contributed by atoms with Crippen molar-refractivity contribution in [2.75, 3.05) is 32.8 Å². The maximum Gasteiger partial charge on any atom is 0.127 e. The SMILES string of the molecule is CCCS(=O)CC(NC)c1ccc(OC)cc1OC. The quantitative estimate of drug-likeness (QED) is 0.795. The summed E-state index contributed by atoms with van der Waals surface area (Å²) < 4.78 is 22.5. The number of benzene rings is 1. The van der Waals surface area contributed by atoms with Crippen LogP contribution >= 0.6 is 0 Å². The van der Waals surface area contributed by atoms with Gasteiger partial charge in [0.25, 0.3) is 0 Å². The predicted molar refractivity (Wildman–Crippen MR) is 79.5 cm³/mol. The smallest absolute Gasteiger partial charge is 0.127 e. The molecule has 0 heterocycles. The number of nitrogens with one attached hydrogen (secondary N) is 1. The highest BCUT2D eigenvalue weighted by Crippen LogP contribution is 2.29. The molecule has 2 unspecified atom stereocenters. The van der Waals surface area contributed by atoms with Gasteiger partial charge in [0.05, 0.1) is 14.2 Å². The third-order valence-electron chi connectivity index (χ3n) is 2.95. The zero-order valence-corrected chi connectivity index (χ0v) is 12.9. The largest absolute Gasteiger partial charge is 0.497 e. The van der Waals surface area contributed by atoms with E-state index in [1.165, 1.54) is 0 Å². The molecule has 4 nitrogen and oxygen atoms in total. The molecule has 0 amide bonds. The second-order valence-electron chi connectivity index (χ2n) is 4.26. The molecule has 0 saturated carbocycles. The van der Waals surface area contributed by atoms with Gasteiger partial charge < -0.3 is 14.8 Å². The maximum atomic E-state index is 11.9. The van der Waals surface area contributed by atoms with E-state index in [0.717, 1.165) is 29.2 Å². The van der Waals surface area contributed by atoms with Crippen molar-refractivity contribution in [2.45, 2.75) is 19.4 Å². The van der Waals surface area contributed by atoms with Crippen LogP contribution in [0.4, 0.5) is 0 Å². The summed E-state index contributed by atoms with van der Waals surface area (Å²) in [5.41, 5.74) is 1.01. The molecule has 108 valence electrons. The Morgan fingerprint density at radius 2 is 2.05 bits per heavy atom. The Hall–Kier alpha value is -1.07. The molecule has 0 aliphatic rings. The summed E-state index contributed by atoms with van der Waals surface area (Å²) in [4.78, 5) is 0. The van der Waals surface area contributed by atoms with Crippen LogP contribution in [0.15, 0.2) is 18.2 Å². The third kappa shape index (κ3) is 4.51. The number of hydrogen-bond donors (Lipinski definition) is 1. The molecule has 1 aromatic rings. The number of ether oxygens (including phenoxy) is 2. The summed E-state index contributed by atoms with van der Waals surface area (Å²) >= 11 is 0. The van der Waals surface area contributed by atoms with Gasteiger partial charge in [-0.2, -0.15) is 0 Å². The maximum absolute atomic E-state index is 11.9. The highest BCUT2D eigenvalue weighted by Gasteiger charge is 2.17. The molecule has 5 heteroatoms. The van der Waals surface area contributed by atoms with Crippen LogP contribution in [0.3, 0.4) is 0 Å². The number of methoxy groups -OCH3 is 2. The second-order valence-corrected chi connectivity index (χ2v) is 5.88. The molecule has 1 aromatic carbocycles. The molecule has 0 aromatic heterocycles. The fourth-order valence-corrected chi connectivity index (χ4v) is 3.27. The number of hydrogen-bond acceptors (Lipinski definition) is 4. The predicted octanol–water partition coefficient (Wildman–Crippen LogP) is 2.12. The Kier molecular flexibility index (Phi) is 6.87. The topological polar surface area (TPSA) is 47.6 Å². The normalized spacial score (nSPS) is 13.9. The van der Waals surface area contributed by atoms with Crippen molar-refractivity contribution in [1.82, 2.24) is 5.32 Å². The van der Waals surface area contributed by atoms with E-state index in [1.807, 2.05) is 32.2 Å². The van der Waals surface area contributed by atoms with Gasteiger partial charge in [0.15, 0.2) is 0 Å². The van der Waals surface area contributed by atoms with E-state index in [2.05, 4.69) is 5.32 Å². The first-order chi connectivity index (χ1) is 9.15. The lowest BCUT2D eigenvalue weighted by molar-refractivity contribution is 0.387. The minimum Gasteiger partial charge on any atom is -0.497 e. The molecule has 0 aliphatic heterocycles. The molecular weight excluding hydrogens is 262 g/mol. The van der Waals surface area contributed by atoms with Gasteiger partial charge in [-0.05, 0) is 19.5 Å². The Bertz CT molecular complexity index is 423. The second kappa shape index (κ2) is 8.17. The van der Waals surface area contributed by atoms with Crippen molar-refractivity contribution in [3.8, 4) is 11.5 Å². The van der Waals surface area contributed by atoms with Crippen molar-refractivity contribution < 1.29 is 13.7 Å². The average molecular weight is 285 g/mol. The Morgan fingerprint density at radius 1 is 1.32 bits per heavy atom. The minimum atomic E-state index is -0.817. The molecule has 2 atom stereocenters. The lowest BCUT2D eigenvalue weighted by Crippen LogP contribution is -2.24. The summed E-state index contributed by atoms with van der Waals surface area (Å²) in [6, 6.07) is 5.73. The summed E-state index contributed by atoms with van der Waals surface area (Å²) in [6.07, 6.45) is 0.933. The van der Waals surface area contributed by atoms with E-state index in [9.17, 15) is 4.21 Å². The third-order valence-corrected chi connectivity index (χ3v) is 4.52. The molecule has 0 radical (unpaired) electrons. The molecular formula is C14H23NO3S. The first kappa shape index (κ1) is 16.0. The van der Waals surface area contributed by atoms with Crippen molar-refractivity contribution >= 4 is 10.8 Å². The van der Waals surface area contributed by atoms with Crippen molar-refractivity contribution in [2.24, 2.45) is 0 Å². The van der Waals surface area contributed by atoms with E-state index in [4.69, 9.17) is 9.47 Å². The van der Waals surface area contributed by atoms with E-state index in [0.29, 0.717) is 5.75 Å². The summed E-state index contributed by atoms with van der Waals surface area (Å²) in [6.45, 7) is 2.04. The molecule has 0 bridgehead atoms. The van der Waals surface area contributed by atoms with Crippen molar-refractivity contribution in [3.05, 3.63) is 23.8 Å². The zero-order chi connectivity index (χ0) is 14.3. The highest BCUT2D eigenvalue weighted by atomic mass is 32.2. The standard InChI is InChI=1S/C14H23NO3S/c1-5-8-19(16)10-13(15-2)12-7-6-11(17-3)9-14(12)18-4/h6-7,9,13,15H,5,8,10H2,1-4H3. The Labute approximate surface area is 118 Å². The van der Waals surface area contributed by atoms with Gasteiger partial charge in [-0.3, -0.25) is 4.21 Å². The summed E-state index contributed by atoms with van der Waals surface area (Å²) in [7, 11) is 4.31. The lowest BCUT2D eigenvalue weighted by atomic mass is 10.1. The molecule has 1 rings (SSSR count). The highest BCUT2D eigenvalue weighted by molar-refractivity contribution is 7.85. The fourth-order valence-electron chi connectivity index (χ4n) is 1.93. The van der Waals surface area contributed by atoms with Crippen LogP contribution in [0.1, 0.15) is 24.9 Å². The van der Waals surface area contributed by atoms with Crippen LogP contribution in [-0.4, -0.2) is 37.0 Å². The van der Waals surface area contributed by atoms with Gasteiger partial charge >= 0.3 is 0 Å². The van der Waals surface area contributed by atoms with Gasteiger partial charge in [-0.25, -0.2) is 0 Å². The van der Waals surface area contributed by atoms with Crippen LogP contribution in [0, 0.1) is 0 Å². The Morgan fingerprint density at radius 3 is 2.58 bits per heavy atom. The van der Waals surface area contributed by atoms with Crippen LogP contribution in [0.25, 0.3) is 0 Å². The van der Waals surface area contributed by atoms with Crippen LogP contribution in [0.5, 0.6) is 11.5 Å². The zero-order valence-electron chi connectivity index (χ0n) is 12.1. The van der Waals surface area contributed by atoms with Gasteiger partial charge in [-0.1, -0.05) is 13.0 Å². The molecule has 0 saturated heterocycles. The van der Waals surface area contributed by atoms with E-state index in [-0.39, 0.29) is 6.04 Å². The molecule has 1 N–H and O–H groups in total.